The molecule has 0 amide bonds. The van der Waals surface area contributed by atoms with E-state index in [1.807, 2.05) is 11.8 Å². The number of aliphatic imine (C=N–C) groups is 1. The van der Waals surface area contributed by atoms with Gasteiger partial charge in [0.05, 0.1) is 25.9 Å². The maximum Gasteiger partial charge on any atom is 0.191 e. The molecule has 1 saturated heterocycles. The van der Waals surface area contributed by atoms with E-state index >= 15 is 0 Å². The minimum Gasteiger partial charge on any atom is -0.377 e. The van der Waals surface area contributed by atoms with Crippen molar-refractivity contribution < 1.29 is 9.47 Å². The molecule has 6 heteroatoms. The standard InChI is InChI=1S/C17H33N3O2S/c1-3-18-17(20-14-6-4-8-16(12-14)23-2)19-9-11-21-13-15-7-5-10-22-15/h14-16H,3-13H2,1-2H3,(H2,18,19,20). The van der Waals surface area contributed by atoms with Gasteiger partial charge in [0.25, 0.3) is 0 Å². The highest BCUT2D eigenvalue weighted by atomic mass is 32.2. The van der Waals surface area contributed by atoms with Crippen LogP contribution in [0.1, 0.15) is 45.4 Å². The van der Waals surface area contributed by atoms with Crippen LogP contribution in [0.15, 0.2) is 4.99 Å². The fourth-order valence-corrected chi connectivity index (χ4v) is 4.04. The molecule has 2 fully saturated rings. The highest BCUT2D eigenvalue weighted by Gasteiger charge is 2.21. The summed E-state index contributed by atoms with van der Waals surface area (Å²) in [5, 5.41) is 7.74. The molecule has 1 saturated carbocycles. The lowest BCUT2D eigenvalue weighted by atomic mass is 9.95. The summed E-state index contributed by atoms with van der Waals surface area (Å²) < 4.78 is 11.2. The summed E-state index contributed by atoms with van der Waals surface area (Å²) in [4.78, 5) is 4.64. The molecule has 3 atom stereocenters. The topological polar surface area (TPSA) is 54.9 Å². The summed E-state index contributed by atoms with van der Waals surface area (Å²) in [6.45, 7) is 5.95. The van der Waals surface area contributed by atoms with E-state index in [-0.39, 0.29) is 0 Å². The summed E-state index contributed by atoms with van der Waals surface area (Å²) in [7, 11) is 0. The number of hydrogen-bond acceptors (Lipinski definition) is 4. The zero-order chi connectivity index (χ0) is 16.3. The molecule has 2 N–H and O–H groups in total. The average Bonchev–Trinajstić information content (AvgIpc) is 3.08. The third-order valence-corrected chi connectivity index (χ3v) is 5.57. The van der Waals surface area contributed by atoms with E-state index in [1.54, 1.807) is 0 Å². The molecular formula is C17H33N3O2S. The first-order valence-electron chi connectivity index (χ1n) is 9.08. The second-order valence-electron chi connectivity index (χ2n) is 6.34. The summed E-state index contributed by atoms with van der Waals surface area (Å²) in [6.07, 6.45) is 9.97. The van der Waals surface area contributed by atoms with Crippen molar-refractivity contribution in [2.45, 2.75) is 62.8 Å². The number of nitrogens with one attached hydrogen (secondary N) is 2. The van der Waals surface area contributed by atoms with Crippen molar-refractivity contribution in [3.63, 3.8) is 0 Å². The van der Waals surface area contributed by atoms with E-state index in [2.05, 4.69) is 28.8 Å². The SMILES string of the molecule is CCNC(=NCCOCC1CCCO1)NC1CCCC(SC)C1. The van der Waals surface area contributed by atoms with Crippen LogP contribution in [-0.4, -0.2) is 62.5 Å². The predicted molar refractivity (Wildman–Crippen MR) is 98.5 cm³/mol. The molecule has 2 aliphatic rings. The molecule has 0 spiro atoms. The monoisotopic (exact) mass is 343 g/mol. The van der Waals surface area contributed by atoms with Gasteiger partial charge >= 0.3 is 0 Å². The first-order valence-corrected chi connectivity index (χ1v) is 10.4. The van der Waals surface area contributed by atoms with Gasteiger partial charge in [-0.05, 0) is 45.3 Å². The van der Waals surface area contributed by atoms with Gasteiger partial charge in [-0.3, -0.25) is 4.99 Å². The van der Waals surface area contributed by atoms with Gasteiger partial charge in [0, 0.05) is 24.4 Å². The van der Waals surface area contributed by atoms with Crippen LogP contribution >= 0.6 is 11.8 Å². The van der Waals surface area contributed by atoms with E-state index < -0.39 is 0 Å². The lowest BCUT2D eigenvalue weighted by Crippen LogP contribution is -2.45. The number of thioether (sulfide) groups is 1. The molecule has 3 unspecified atom stereocenters. The Morgan fingerprint density at radius 3 is 2.96 bits per heavy atom. The van der Waals surface area contributed by atoms with Crippen LogP contribution in [0, 0.1) is 0 Å². The van der Waals surface area contributed by atoms with Gasteiger partial charge in [-0.1, -0.05) is 6.42 Å². The van der Waals surface area contributed by atoms with E-state index in [0.29, 0.717) is 31.9 Å². The van der Waals surface area contributed by atoms with Gasteiger partial charge in [0.1, 0.15) is 0 Å². The Bertz CT molecular complexity index is 349. The molecule has 0 aromatic heterocycles. The molecule has 1 heterocycles. The van der Waals surface area contributed by atoms with Crippen molar-refractivity contribution in [3.05, 3.63) is 0 Å². The molecule has 134 valence electrons. The molecular weight excluding hydrogens is 310 g/mol. The Balaban J connectivity index is 1.66. The van der Waals surface area contributed by atoms with E-state index in [0.717, 1.165) is 30.8 Å². The van der Waals surface area contributed by atoms with Crippen molar-refractivity contribution in [2.24, 2.45) is 4.99 Å². The van der Waals surface area contributed by atoms with Crippen LogP contribution in [-0.2, 0) is 9.47 Å². The summed E-state index contributed by atoms with van der Waals surface area (Å²) in [5.74, 6) is 0.931. The second-order valence-corrected chi connectivity index (χ2v) is 7.47. The van der Waals surface area contributed by atoms with Gasteiger partial charge in [-0.15, -0.1) is 0 Å². The minimum atomic E-state index is 0.302. The first-order chi connectivity index (χ1) is 11.3. The summed E-state index contributed by atoms with van der Waals surface area (Å²) in [6, 6.07) is 0.548. The lowest BCUT2D eigenvalue weighted by molar-refractivity contribution is 0.0200. The lowest BCUT2D eigenvalue weighted by Gasteiger charge is -2.29. The number of hydrogen-bond donors (Lipinski definition) is 2. The van der Waals surface area contributed by atoms with Gasteiger partial charge in [-0.2, -0.15) is 11.8 Å². The van der Waals surface area contributed by atoms with Gasteiger partial charge < -0.3 is 20.1 Å². The molecule has 0 bridgehead atoms. The van der Waals surface area contributed by atoms with Crippen molar-refractivity contribution in [1.82, 2.24) is 10.6 Å². The van der Waals surface area contributed by atoms with Crippen molar-refractivity contribution >= 4 is 17.7 Å². The minimum absolute atomic E-state index is 0.302. The Hall–Kier alpha value is -0.460. The van der Waals surface area contributed by atoms with Crippen molar-refractivity contribution in [1.29, 1.82) is 0 Å². The largest absolute Gasteiger partial charge is 0.377 e. The van der Waals surface area contributed by atoms with Crippen LogP contribution in [0.2, 0.25) is 0 Å². The third kappa shape index (κ3) is 7.31. The van der Waals surface area contributed by atoms with E-state index in [1.165, 1.54) is 32.1 Å². The molecule has 23 heavy (non-hydrogen) atoms. The van der Waals surface area contributed by atoms with Crippen LogP contribution in [0.5, 0.6) is 0 Å². The Morgan fingerprint density at radius 2 is 2.22 bits per heavy atom. The smallest absolute Gasteiger partial charge is 0.191 e. The average molecular weight is 344 g/mol. The fourth-order valence-electron chi connectivity index (χ4n) is 3.22. The van der Waals surface area contributed by atoms with Crippen LogP contribution in [0.4, 0.5) is 0 Å². The zero-order valence-corrected chi connectivity index (χ0v) is 15.5. The highest BCUT2D eigenvalue weighted by molar-refractivity contribution is 7.99. The number of ether oxygens (including phenoxy) is 2. The zero-order valence-electron chi connectivity index (χ0n) is 14.7. The second kappa shape index (κ2) is 11.2. The van der Waals surface area contributed by atoms with E-state index in [4.69, 9.17) is 9.47 Å². The molecule has 1 aliphatic carbocycles. The quantitative estimate of drug-likeness (QED) is 0.403. The highest BCUT2D eigenvalue weighted by Crippen LogP contribution is 2.26. The summed E-state index contributed by atoms with van der Waals surface area (Å²) in [5.41, 5.74) is 0. The number of guanidine groups is 1. The molecule has 0 aromatic carbocycles. The Kier molecular flexibility index (Phi) is 9.15. The van der Waals surface area contributed by atoms with Crippen LogP contribution < -0.4 is 10.6 Å². The molecule has 1 aliphatic heterocycles. The molecule has 0 aromatic rings. The fraction of sp³-hybridized carbons (Fsp3) is 0.941. The van der Waals surface area contributed by atoms with Crippen molar-refractivity contribution in [2.75, 3.05) is 39.2 Å². The Labute approximate surface area is 145 Å². The molecule has 2 rings (SSSR count). The molecule has 0 radical (unpaired) electrons. The van der Waals surface area contributed by atoms with Gasteiger partial charge in [-0.25, -0.2) is 0 Å². The third-order valence-electron chi connectivity index (χ3n) is 4.48. The maximum absolute atomic E-state index is 5.68. The Morgan fingerprint density at radius 1 is 1.30 bits per heavy atom. The predicted octanol–water partition coefficient (Wildman–Crippen LogP) is 2.41. The maximum atomic E-state index is 5.68. The first kappa shape index (κ1) is 18.9. The van der Waals surface area contributed by atoms with Crippen LogP contribution in [0.3, 0.4) is 0 Å². The normalized spacial score (nSPS) is 28.8. The van der Waals surface area contributed by atoms with E-state index in [9.17, 15) is 0 Å². The van der Waals surface area contributed by atoms with Gasteiger partial charge in [0.2, 0.25) is 0 Å². The summed E-state index contributed by atoms with van der Waals surface area (Å²) >= 11 is 1.99. The van der Waals surface area contributed by atoms with Gasteiger partial charge in [0.15, 0.2) is 5.96 Å². The van der Waals surface area contributed by atoms with Crippen LogP contribution in [0.25, 0.3) is 0 Å². The van der Waals surface area contributed by atoms with Crippen molar-refractivity contribution in [3.8, 4) is 0 Å². The molecule has 5 nitrogen and oxygen atoms in total. The number of nitrogens with zero attached hydrogens (tertiary/aromatic N) is 1. The number of rotatable bonds is 8.